The number of nitrogens with zero attached hydrogens (tertiary/aromatic N) is 2. The number of nitrogens with one attached hydrogen (secondary N) is 1. The average Bonchev–Trinajstić information content (AvgIpc) is 2.76. The average molecular weight is 217 g/mol. The SMILES string of the molecule is CC(C)c1cc(NCc2ccccn2)no1. The van der Waals surface area contributed by atoms with Crippen LogP contribution in [0.2, 0.25) is 0 Å². The van der Waals surface area contributed by atoms with Crippen molar-refractivity contribution in [2.45, 2.75) is 26.3 Å². The molecule has 0 saturated carbocycles. The Balaban J connectivity index is 1.95. The summed E-state index contributed by atoms with van der Waals surface area (Å²) < 4.78 is 5.18. The summed E-state index contributed by atoms with van der Waals surface area (Å²) in [5.41, 5.74) is 0.983. The quantitative estimate of drug-likeness (QED) is 0.855. The Morgan fingerprint density at radius 2 is 2.25 bits per heavy atom. The first-order valence-corrected chi connectivity index (χ1v) is 5.36. The minimum atomic E-state index is 0.359. The fraction of sp³-hybridized carbons (Fsp3) is 0.333. The van der Waals surface area contributed by atoms with Gasteiger partial charge in [-0.05, 0) is 12.1 Å². The van der Waals surface area contributed by atoms with E-state index in [1.165, 1.54) is 0 Å². The molecule has 0 spiro atoms. The van der Waals surface area contributed by atoms with E-state index in [4.69, 9.17) is 4.52 Å². The van der Waals surface area contributed by atoms with Gasteiger partial charge in [-0.25, -0.2) is 0 Å². The lowest BCUT2D eigenvalue weighted by Crippen LogP contribution is -2.00. The number of hydrogen-bond donors (Lipinski definition) is 1. The van der Waals surface area contributed by atoms with Crippen LogP contribution in [0.4, 0.5) is 5.82 Å². The minimum Gasteiger partial charge on any atom is -0.362 e. The smallest absolute Gasteiger partial charge is 0.169 e. The Kier molecular flexibility index (Phi) is 3.19. The molecule has 16 heavy (non-hydrogen) atoms. The van der Waals surface area contributed by atoms with Crippen molar-refractivity contribution in [2.75, 3.05) is 5.32 Å². The molecule has 0 aliphatic rings. The molecule has 0 amide bonds. The lowest BCUT2D eigenvalue weighted by atomic mass is 10.2. The van der Waals surface area contributed by atoms with Gasteiger partial charge in [0.15, 0.2) is 5.82 Å². The molecule has 0 aromatic carbocycles. The van der Waals surface area contributed by atoms with E-state index < -0.39 is 0 Å². The van der Waals surface area contributed by atoms with Gasteiger partial charge in [-0.1, -0.05) is 25.1 Å². The van der Waals surface area contributed by atoms with Crippen molar-refractivity contribution in [3.63, 3.8) is 0 Å². The maximum absolute atomic E-state index is 5.18. The first-order chi connectivity index (χ1) is 7.75. The van der Waals surface area contributed by atoms with Crippen LogP contribution >= 0.6 is 0 Å². The van der Waals surface area contributed by atoms with Crippen molar-refractivity contribution < 1.29 is 4.52 Å². The Morgan fingerprint density at radius 1 is 1.38 bits per heavy atom. The van der Waals surface area contributed by atoms with Crippen LogP contribution < -0.4 is 5.32 Å². The van der Waals surface area contributed by atoms with Crippen molar-refractivity contribution in [3.05, 3.63) is 41.9 Å². The summed E-state index contributed by atoms with van der Waals surface area (Å²) in [5.74, 6) is 2.01. The fourth-order valence-electron chi connectivity index (χ4n) is 1.33. The normalized spacial score (nSPS) is 10.7. The van der Waals surface area contributed by atoms with Crippen molar-refractivity contribution in [1.29, 1.82) is 0 Å². The summed E-state index contributed by atoms with van der Waals surface area (Å²) in [6, 6.07) is 7.76. The molecule has 2 aromatic heterocycles. The van der Waals surface area contributed by atoms with E-state index in [0.717, 1.165) is 17.3 Å². The van der Waals surface area contributed by atoms with Gasteiger partial charge in [-0.2, -0.15) is 0 Å². The summed E-state index contributed by atoms with van der Waals surface area (Å²) in [7, 11) is 0. The van der Waals surface area contributed by atoms with Gasteiger partial charge >= 0.3 is 0 Å². The van der Waals surface area contributed by atoms with E-state index >= 15 is 0 Å². The lowest BCUT2D eigenvalue weighted by Gasteiger charge is -2.00. The summed E-state index contributed by atoms with van der Waals surface area (Å²) in [6.07, 6.45) is 1.78. The van der Waals surface area contributed by atoms with E-state index in [1.54, 1.807) is 6.20 Å². The number of pyridine rings is 1. The molecular weight excluding hydrogens is 202 g/mol. The lowest BCUT2D eigenvalue weighted by molar-refractivity contribution is 0.373. The van der Waals surface area contributed by atoms with Gasteiger partial charge in [-0.3, -0.25) is 4.98 Å². The number of aromatic nitrogens is 2. The Labute approximate surface area is 94.7 Å². The zero-order chi connectivity index (χ0) is 11.4. The van der Waals surface area contributed by atoms with Gasteiger partial charge in [0.25, 0.3) is 0 Å². The van der Waals surface area contributed by atoms with E-state index in [2.05, 4.69) is 29.3 Å². The van der Waals surface area contributed by atoms with E-state index in [1.807, 2.05) is 24.3 Å². The molecule has 0 bridgehead atoms. The van der Waals surface area contributed by atoms with Gasteiger partial charge < -0.3 is 9.84 Å². The molecule has 1 N–H and O–H groups in total. The monoisotopic (exact) mass is 217 g/mol. The predicted molar refractivity (Wildman–Crippen MR) is 62.2 cm³/mol. The van der Waals surface area contributed by atoms with Gasteiger partial charge in [0, 0.05) is 18.2 Å². The summed E-state index contributed by atoms with van der Waals surface area (Å²) in [6.45, 7) is 4.80. The van der Waals surface area contributed by atoms with Crippen molar-refractivity contribution in [3.8, 4) is 0 Å². The molecule has 84 valence electrons. The third-order valence-corrected chi connectivity index (χ3v) is 2.27. The zero-order valence-electron chi connectivity index (χ0n) is 9.47. The van der Waals surface area contributed by atoms with Crippen molar-refractivity contribution >= 4 is 5.82 Å². The molecule has 0 aliphatic carbocycles. The van der Waals surface area contributed by atoms with Crippen molar-refractivity contribution in [1.82, 2.24) is 10.1 Å². The van der Waals surface area contributed by atoms with Crippen molar-refractivity contribution in [2.24, 2.45) is 0 Å². The number of anilines is 1. The summed E-state index contributed by atoms with van der Waals surface area (Å²) in [5, 5.41) is 7.11. The molecular formula is C12H15N3O. The first-order valence-electron chi connectivity index (χ1n) is 5.36. The Morgan fingerprint density at radius 3 is 2.88 bits per heavy atom. The van der Waals surface area contributed by atoms with Gasteiger partial charge in [-0.15, -0.1) is 0 Å². The molecule has 2 rings (SSSR count). The van der Waals surface area contributed by atoms with Gasteiger partial charge in [0.1, 0.15) is 5.76 Å². The van der Waals surface area contributed by atoms with Crippen LogP contribution in [-0.2, 0) is 6.54 Å². The molecule has 2 aromatic rings. The highest BCUT2D eigenvalue weighted by atomic mass is 16.5. The maximum atomic E-state index is 5.18. The van der Waals surface area contributed by atoms with Gasteiger partial charge in [0.05, 0.1) is 12.2 Å². The summed E-state index contributed by atoms with van der Waals surface area (Å²) in [4.78, 5) is 4.21. The highest BCUT2D eigenvalue weighted by molar-refractivity contribution is 5.35. The largest absolute Gasteiger partial charge is 0.362 e. The standard InChI is InChI=1S/C12H15N3O/c1-9(2)11-7-12(15-16-11)14-8-10-5-3-4-6-13-10/h3-7,9H,8H2,1-2H3,(H,14,15). The molecule has 0 atom stereocenters. The molecule has 0 fully saturated rings. The molecule has 4 nitrogen and oxygen atoms in total. The van der Waals surface area contributed by atoms with Crippen LogP contribution in [-0.4, -0.2) is 10.1 Å². The molecule has 0 radical (unpaired) electrons. The molecule has 2 heterocycles. The number of rotatable bonds is 4. The maximum Gasteiger partial charge on any atom is 0.169 e. The van der Waals surface area contributed by atoms with Crippen LogP contribution in [0.3, 0.4) is 0 Å². The minimum absolute atomic E-state index is 0.359. The second-order valence-corrected chi connectivity index (χ2v) is 3.94. The van der Waals surface area contributed by atoms with Crippen LogP contribution in [0, 0.1) is 0 Å². The zero-order valence-corrected chi connectivity index (χ0v) is 9.47. The Hall–Kier alpha value is -1.84. The van der Waals surface area contributed by atoms with E-state index in [9.17, 15) is 0 Å². The van der Waals surface area contributed by atoms with Crippen LogP contribution in [0.15, 0.2) is 35.0 Å². The molecule has 0 aliphatic heterocycles. The first kappa shape index (κ1) is 10.7. The van der Waals surface area contributed by atoms with Crippen LogP contribution in [0.5, 0.6) is 0 Å². The highest BCUT2D eigenvalue weighted by Gasteiger charge is 2.07. The van der Waals surface area contributed by atoms with Crippen LogP contribution in [0.1, 0.15) is 31.2 Å². The second-order valence-electron chi connectivity index (χ2n) is 3.94. The highest BCUT2D eigenvalue weighted by Crippen LogP contribution is 2.17. The second kappa shape index (κ2) is 4.79. The van der Waals surface area contributed by atoms with E-state index in [0.29, 0.717) is 12.5 Å². The Bertz CT molecular complexity index is 437. The van der Waals surface area contributed by atoms with E-state index in [-0.39, 0.29) is 0 Å². The topological polar surface area (TPSA) is 51.0 Å². The summed E-state index contributed by atoms with van der Waals surface area (Å²) >= 11 is 0. The third-order valence-electron chi connectivity index (χ3n) is 2.27. The third kappa shape index (κ3) is 2.59. The molecule has 0 unspecified atom stereocenters. The molecule has 4 heteroatoms. The predicted octanol–water partition coefficient (Wildman–Crippen LogP) is 2.81. The molecule has 0 saturated heterocycles. The van der Waals surface area contributed by atoms with Gasteiger partial charge in [0.2, 0.25) is 0 Å². The van der Waals surface area contributed by atoms with Crippen LogP contribution in [0.25, 0.3) is 0 Å². The number of hydrogen-bond acceptors (Lipinski definition) is 4. The fourth-order valence-corrected chi connectivity index (χ4v) is 1.33.